The standard InChI is InChI=1S/C15H15N5O2S/c1-8-5-4-6-11(17-8)18-14(21)13-15(23-7-16-13)19-12-9(2)20-22-10(12)3/h4-7,19H,1-3H3,(H,17,18,21). The topological polar surface area (TPSA) is 92.9 Å². The third-order valence-corrected chi connectivity index (χ3v) is 3.93. The zero-order valence-corrected chi connectivity index (χ0v) is 13.7. The number of rotatable bonds is 4. The number of aryl methyl sites for hydroxylation is 3. The highest BCUT2D eigenvalue weighted by atomic mass is 32.1. The van der Waals surface area contributed by atoms with Crippen molar-refractivity contribution in [2.45, 2.75) is 20.8 Å². The number of carbonyl (C=O) groups excluding carboxylic acids is 1. The summed E-state index contributed by atoms with van der Waals surface area (Å²) in [6.07, 6.45) is 0. The van der Waals surface area contributed by atoms with Crippen molar-refractivity contribution in [2.24, 2.45) is 0 Å². The van der Waals surface area contributed by atoms with Crippen LogP contribution in [0.3, 0.4) is 0 Å². The summed E-state index contributed by atoms with van der Waals surface area (Å²) in [7, 11) is 0. The molecule has 23 heavy (non-hydrogen) atoms. The first-order valence-electron chi connectivity index (χ1n) is 6.93. The summed E-state index contributed by atoms with van der Waals surface area (Å²) < 4.78 is 5.11. The van der Waals surface area contributed by atoms with E-state index in [1.807, 2.05) is 26.0 Å². The number of amides is 1. The summed E-state index contributed by atoms with van der Waals surface area (Å²) in [4.78, 5) is 20.8. The van der Waals surface area contributed by atoms with Crippen molar-refractivity contribution in [3.05, 3.63) is 46.6 Å². The normalized spacial score (nSPS) is 10.6. The van der Waals surface area contributed by atoms with E-state index in [0.717, 1.165) is 17.1 Å². The third-order valence-electron chi connectivity index (χ3n) is 3.18. The minimum absolute atomic E-state index is 0.304. The van der Waals surface area contributed by atoms with Gasteiger partial charge in [0.1, 0.15) is 22.2 Å². The van der Waals surface area contributed by atoms with Crippen LogP contribution in [0.15, 0.2) is 28.2 Å². The summed E-state index contributed by atoms with van der Waals surface area (Å²) in [5, 5.41) is 10.4. The minimum atomic E-state index is -0.321. The lowest BCUT2D eigenvalue weighted by Gasteiger charge is -2.07. The molecule has 0 fully saturated rings. The summed E-state index contributed by atoms with van der Waals surface area (Å²) in [5.41, 5.74) is 4.21. The first kappa shape index (κ1) is 15.2. The Morgan fingerprint density at radius 2 is 2.09 bits per heavy atom. The number of thiazole rings is 1. The second-order valence-electron chi connectivity index (χ2n) is 4.97. The number of hydrogen-bond acceptors (Lipinski definition) is 7. The lowest BCUT2D eigenvalue weighted by Crippen LogP contribution is -2.15. The molecule has 3 heterocycles. The number of carbonyl (C=O) groups is 1. The van der Waals surface area contributed by atoms with Gasteiger partial charge in [0.15, 0.2) is 11.5 Å². The molecule has 0 aromatic carbocycles. The third kappa shape index (κ3) is 3.21. The van der Waals surface area contributed by atoms with Gasteiger partial charge >= 0.3 is 0 Å². The van der Waals surface area contributed by atoms with Crippen molar-refractivity contribution in [3.63, 3.8) is 0 Å². The van der Waals surface area contributed by atoms with Gasteiger partial charge in [-0.1, -0.05) is 11.2 Å². The smallest absolute Gasteiger partial charge is 0.278 e. The van der Waals surface area contributed by atoms with Gasteiger partial charge in [-0.3, -0.25) is 4.79 Å². The Bertz CT molecular complexity index is 836. The van der Waals surface area contributed by atoms with Crippen molar-refractivity contribution in [3.8, 4) is 0 Å². The van der Waals surface area contributed by atoms with Crippen molar-refractivity contribution in [2.75, 3.05) is 10.6 Å². The van der Waals surface area contributed by atoms with Crippen molar-refractivity contribution in [1.82, 2.24) is 15.1 Å². The molecule has 0 unspecified atom stereocenters. The van der Waals surface area contributed by atoms with Crippen LogP contribution in [0, 0.1) is 20.8 Å². The molecule has 0 spiro atoms. The van der Waals surface area contributed by atoms with Gasteiger partial charge in [0.05, 0.1) is 5.51 Å². The number of aromatic nitrogens is 3. The molecule has 8 heteroatoms. The Morgan fingerprint density at radius 1 is 1.26 bits per heavy atom. The number of hydrogen-bond donors (Lipinski definition) is 2. The first-order valence-corrected chi connectivity index (χ1v) is 7.81. The zero-order chi connectivity index (χ0) is 16.4. The second kappa shape index (κ2) is 6.17. The summed E-state index contributed by atoms with van der Waals surface area (Å²) >= 11 is 1.33. The summed E-state index contributed by atoms with van der Waals surface area (Å²) in [6, 6.07) is 5.43. The highest BCUT2D eigenvalue weighted by Crippen LogP contribution is 2.29. The van der Waals surface area contributed by atoms with Crippen LogP contribution in [0.5, 0.6) is 0 Å². The molecule has 0 aliphatic rings. The van der Waals surface area contributed by atoms with E-state index in [9.17, 15) is 4.79 Å². The summed E-state index contributed by atoms with van der Waals surface area (Å²) in [5.74, 6) is 0.826. The minimum Gasteiger partial charge on any atom is -0.359 e. The Balaban J connectivity index is 1.82. The molecule has 0 saturated heterocycles. The number of anilines is 3. The van der Waals surface area contributed by atoms with Gasteiger partial charge in [-0.25, -0.2) is 9.97 Å². The maximum atomic E-state index is 12.4. The highest BCUT2D eigenvalue weighted by molar-refractivity contribution is 7.14. The Labute approximate surface area is 136 Å². The van der Waals surface area contributed by atoms with E-state index >= 15 is 0 Å². The van der Waals surface area contributed by atoms with Crippen molar-refractivity contribution in [1.29, 1.82) is 0 Å². The lowest BCUT2D eigenvalue weighted by molar-refractivity contribution is 0.102. The van der Waals surface area contributed by atoms with Crippen LogP contribution in [-0.4, -0.2) is 21.0 Å². The first-order chi connectivity index (χ1) is 11.0. The second-order valence-corrected chi connectivity index (χ2v) is 5.83. The van der Waals surface area contributed by atoms with Gasteiger partial charge in [-0.05, 0) is 32.9 Å². The number of nitrogens with one attached hydrogen (secondary N) is 2. The molecule has 0 radical (unpaired) electrons. The molecule has 0 bridgehead atoms. The lowest BCUT2D eigenvalue weighted by atomic mass is 10.3. The van der Waals surface area contributed by atoms with Crippen LogP contribution >= 0.6 is 11.3 Å². The van der Waals surface area contributed by atoms with E-state index in [1.54, 1.807) is 18.5 Å². The Kier molecular flexibility index (Phi) is 4.07. The average Bonchev–Trinajstić information content (AvgIpc) is 3.09. The molecule has 0 saturated carbocycles. The van der Waals surface area contributed by atoms with E-state index < -0.39 is 0 Å². The van der Waals surface area contributed by atoms with Crippen LogP contribution in [0.4, 0.5) is 16.5 Å². The van der Waals surface area contributed by atoms with Crippen LogP contribution in [0.1, 0.15) is 27.6 Å². The maximum absolute atomic E-state index is 12.4. The maximum Gasteiger partial charge on any atom is 0.278 e. The van der Waals surface area contributed by atoms with Crippen molar-refractivity contribution >= 4 is 33.8 Å². The summed E-state index contributed by atoms with van der Waals surface area (Å²) in [6.45, 7) is 5.50. The molecule has 7 nitrogen and oxygen atoms in total. The van der Waals surface area contributed by atoms with Gasteiger partial charge in [-0.2, -0.15) is 0 Å². The van der Waals surface area contributed by atoms with Gasteiger partial charge in [0, 0.05) is 5.69 Å². The molecule has 0 aliphatic heterocycles. The molecule has 2 N–H and O–H groups in total. The molecule has 118 valence electrons. The van der Waals surface area contributed by atoms with Gasteiger partial charge in [0.2, 0.25) is 0 Å². The monoisotopic (exact) mass is 329 g/mol. The predicted octanol–water partition coefficient (Wildman–Crippen LogP) is 3.45. The molecule has 0 atom stereocenters. The fourth-order valence-corrected chi connectivity index (χ4v) is 2.74. The van der Waals surface area contributed by atoms with Crippen molar-refractivity contribution < 1.29 is 9.32 Å². The molecular formula is C15H15N5O2S. The average molecular weight is 329 g/mol. The fourth-order valence-electron chi connectivity index (χ4n) is 2.06. The predicted molar refractivity (Wildman–Crippen MR) is 88.3 cm³/mol. The number of nitrogens with zero attached hydrogens (tertiary/aromatic N) is 3. The molecule has 3 rings (SSSR count). The van der Waals surface area contributed by atoms with Crippen LogP contribution in [-0.2, 0) is 0 Å². The molecule has 3 aromatic heterocycles. The number of pyridine rings is 1. The van der Waals surface area contributed by atoms with E-state index in [0.29, 0.717) is 22.3 Å². The van der Waals surface area contributed by atoms with Gasteiger partial charge in [0.25, 0.3) is 5.91 Å². The van der Waals surface area contributed by atoms with Crippen LogP contribution in [0.25, 0.3) is 0 Å². The fraction of sp³-hybridized carbons (Fsp3) is 0.200. The van der Waals surface area contributed by atoms with E-state index in [2.05, 4.69) is 25.8 Å². The SMILES string of the molecule is Cc1cccc(NC(=O)c2ncsc2Nc2c(C)noc2C)n1. The Hall–Kier alpha value is -2.74. The Morgan fingerprint density at radius 3 is 2.78 bits per heavy atom. The van der Waals surface area contributed by atoms with Gasteiger partial charge in [-0.15, -0.1) is 11.3 Å². The van der Waals surface area contributed by atoms with E-state index in [4.69, 9.17) is 4.52 Å². The molecule has 0 aliphatic carbocycles. The van der Waals surface area contributed by atoms with Crippen LogP contribution in [0.2, 0.25) is 0 Å². The quantitative estimate of drug-likeness (QED) is 0.761. The largest absolute Gasteiger partial charge is 0.359 e. The zero-order valence-electron chi connectivity index (χ0n) is 12.9. The molecule has 1 amide bonds. The van der Waals surface area contributed by atoms with Gasteiger partial charge < -0.3 is 15.2 Å². The van der Waals surface area contributed by atoms with Crippen LogP contribution < -0.4 is 10.6 Å². The highest BCUT2D eigenvalue weighted by Gasteiger charge is 2.18. The molecular weight excluding hydrogens is 314 g/mol. The van der Waals surface area contributed by atoms with E-state index in [1.165, 1.54) is 11.3 Å². The molecule has 3 aromatic rings. The van der Waals surface area contributed by atoms with E-state index in [-0.39, 0.29) is 5.91 Å².